The van der Waals surface area contributed by atoms with Gasteiger partial charge in [0.15, 0.2) is 0 Å². The molecule has 0 spiro atoms. The molecule has 112 valence electrons. The third-order valence-electron chi connectivity index (χ3n) is 3.16. The van der Waals surface area contributed by atoms with E-state index in [1.165, 1.54) is 24.3 Å². The van der Waals surface area contributed by atoms with Gasteiger partial charge in [-0.25, -0.2) is 9.69 Å². The largest absolute Gasteiger partial charge is 0.385 e. The molecule has 1 heterocycles. The molecule has 0 aromatic heterocycles. The maximum absolute atomic E-state index is 12.2. The van der Waals surface area contributed by atoms with Gasteiger partial charge in [0.25, 0.3) is 11.6 Å². The summed E-state index contributed by atoms with van der Waals surface area (Å²) in [6.07, 6.45) is 1.10. The fourth-order valence-electron chi connectivity index (χ4n) is 2.15. The number of nitro benzene ring substituents is 1. The number of nitrogens with one attached hydrogen (secondary N) is 1. The van der Waals surface area contributed by atoms with E-state index in [1.807, 2.05) is 0 Å². The quantitative estimate of drug-likeness (QED) is 0.370. The third kappa shape index (κ3) is 3.16. The normalized spacial score (nSPS) is 18.0. The van der Waals surface area contributed by atoms with Crippen LogP contribution in [0.15, 0.2) is 24.3 Å². The molecule has 1 unspecified atom stereocenters. The first-order chi connectivity index (χ1) is 10.0. The van der Waals surface area contributed by atoms with Crippen molar-refractivity contribution in [3.63, 3.8) is 0 Å². The summed E-state index contributed by atoms with van der Waals surface area (Å²) in [6.45, 7) is 0.496. The first kappa shape index (κ1) is 14.9. The van der Waals surface area contributed by atoms with E-state index in [1.54, 1.807) is 7.11 Å². The van der Waals surface area contributed by atoms with Crippen LogP contribution in [-0.4, -0.2) is 36.6 Å². The van der Waals surface area contributed by atoms with Gasteiger partial charge in [0, 0.05) is 25.8 Å². The molecule has 21 heavy (non-hydrogen) atoms. The van der Waals surface area contributed by atoms with Gasteiger partial charge in [0.1, 0.15) is 6.04 Å². The van der Waals surface area contributed by atoms with Crippen molar-refractivity contribution in [3.8, 4) is 0 Å². The zero-order chi connectivity index (χ0) is 15.4. The van der Waals surface area contributed by atoms with Crippen LogP contribution in [0.4, 0.5) is 16.2 Å². The number of non-ortho nitro benzene ring substituents is 1. The number of nitro groups is 1. The molecule has 3 amide bonds. The Morgan fingerprint density at radius 3 is 2.86 bits per heavy atom. The van der Waals surface area contributed by atoms with Crippen LogP contribution in [-0.2, 0) is 9.53 Å². The lowest BCUT2D eigenvalue weighted by molar-refractivity contribution is -0.384. The van der Waals surface area contributed by atoms with E-state index in [-0.39, 0.29) is 11.4 Å². The first-order valence-corrected chi connectivity index (χ1v) is 6.42. The minimum Gasteiger partial charge on any atom is -0.385 e. The Morgan fingerprint density at radius 2 is 2.19 bits per heavy atom. The summed E-state index contributed by atoms with van der Waals surface area (Å²) in [4.78, 5) is 35.2. The number of carbonyl (C=O) groups is 2. The number of urea groups is 1. The number of methoxy groups -OCH3 is 1. The lowest BCUT2D eigenvalue weighted by Crippen LogP contribution is -2.31. The number of rotatable bonds is 6. The third-order valence-corrected chi connectivity index (χ3v) is 3.16. The summed E-state index contributed by atoms with van der Waals surface area (Å²) < 4.78 is 4.90. The van der Waals surface area contributed by atoms with Crippen LogP contribution in [0.25, 0.3) is 0 Å². The highest BCUT2D eigenvalue weighted by molar-refractivity contribution is 6.21. The summed E-state index contributed by atoms with van der Waals surface area (Å²) in [5, 5.41) is 13.3. The smallest absolute Gasteiger partial charge is 0.329 e. The molecular formula is C13H15N3O5. The van der Waals surface area contributed by atoms with Crippen LogP contribution in [0.1, 0.15) is 12.8 Å². The van der Waals surface area contributed by atoms with Crippen LogP contribution >= 0.6 is 0 Å². The van der Waals surface area contributed by atoms with E-state index in [9.17, 15) is 19.7 Å². The fraction of sp³-hybridized carbons (Fsp3) is 0.385. The second kappa shape index (κ2) is 6.31. The topological polar surface area (TPSA) is 102 Å². The van der Waals surface area contributed by atoms with Crippen molar-refractivity contribution in [2.24, 2.45) is 0 Å². The highest BCUT2D eigenvalue weighted by atomic mass is 16.6. The summed E-state index contributed by atoms with van der Waals surface area (Å²) >= 11 is 0. The van der Waals surface area contributed by atoms with Gasteiger partial charge in [0.2, 0.25) is 0 Å². The van der Waals surface area contributed by atoms with Gasteiger partial charge in [-0.1, -0.05) is 6.07 Å². The van der Waals surface area contributed by atoms with E-state index >= 15 is 0 Å². The van der Waals surface area contributed by atoms with Crippen LogP contribution in [0.2, 0.25) is 0 Å². The molecule has 1 atom stereocenters. The van der Waals surface area contributed by atoms with Gasteiger partial charge >= 0.3 is 6.03 Å². The molecule has 1 aliphatic heterocycles. The molecule has 1 aromatic carbocycles. The number of amides is 3. The number of ether oxygens (including phenoxy) is 1. The lowest BCUT2D eigenvalue weighted by atomic mass is 10.1. The zero-order valence-corrected chi connectivity index (χ0v) is 11.4. The van der Waals surface area contributed by atoms with Crippen LogP contribution in [0, 0.1) is 10.1 Å². The number of imide groups is 1. The zero-order valence-electron chi connectivity index (χ0n) is 11.4. The van der Waals surface area contributed by atoms with Crippen molar-refractivity contribution in [2.75, 3.05) is 18.6 Å². The van der Waals surface area contributed by atoms with Gasteiger partial charge in [-0.3, -0.25) is 14.9 Å². The number of nitrogens with zero attached hydrogens (tertiary/aromatic N) is 2. The second-order valence-electron chi connectivity index (χ2n) is 4.59. The maximum Gasteiger partial charge on any atom is 0.329 e. The van der Waals surface area contributed by atoms with Crippen LogP contribution < -0.4 is 10.2 Å². The number of benzene rings is 1. The molecule has 2 rings (SSSR count). The van der Waals surface area contributed by atoms with Crippen LogP contribution in [0.5, 0.6) is 0 Å². The average molecular weight is 293 g/mol. The van der Waals surface area contributed by atoms with Crippen molar-refractivity contribution < 1.29 is 19.2 Å². The molecule has 1 aromatic rings. The summed E-state index contributed by atoms with van der Waals surface area (Å²) in [7, 11) is 1.56. The molecule has 0 saturated carbocycles. The molecule has 0 aliphatic carbocycles. The number of carbonyl (C=O) groups excluding carboxylic acids is 2. The number of hydrogen-bond acceptors (Lipinski definition) is 5. The van der Waals surface area contributed by atoms with Crippen molar-refractivity contribution in [1.82, 2.24) is 5.32 Å². The van der Waals surface area contributed by atoms with E-state index in [0.29, 0.717) is 19.4 Å². The highest BCUT2D eigenvalue weighted by Gasteiger charge is 2.38. The van der Waals surface area contributed by atoms with E-state index in [2.05, 4.69) is 5.32 Å². The van der Waals surface area contributed by atoms with Gasteiger partial charge in [-0.15, -0.1) is 0 Å². The molecule has 1 fully saturated rings. The predicted octanol–water partition coefficient (Wildman–Crippen LogP) is 1.45. The Hall–Kier alpha value is -2.48. The second-order valence-corrected chi connectivity index (χ2v) is 4.59. The molecular weight excluding hydrogens is 278 g/mol. The highest BCUT2D eigenvalue weighted by Crippen LogP contribution is 2.25. The fourth-order valence-corrected chi connectivity index (χ4v) is 2.15. The van der Waals surface area contributed by atoms with Gasteiger partial charge in [0.05, 0.1) is 10.6 Å². The van der Waals surface area contributed by atoms with Crippen LogP contribution in [0.3, 0.4) is 0 Å². The van der Waals surface area contributed by atoms with E-state index in [4.69, 9.17) is 4.74 Å². The Balaban J connectivity index is 2.16. The molecule has 1 N–H and O–H groups in total. The summed E-state index contributed by atoms with van der Waals surface area (Å²) in [6, 6.07) is 4.25. The predicted molar refractivity (Wildman–Crippen MR) is 74.0 cm³/mol. The lowest BCUT2D eigenvalue weighted by Gasteiger charge is -2.12. The molecule has 8 nitrogen and oxygen atoms in total. The summed E-state index contributed by atoms with van der Waals surface area (Å²) in [5.41, 5.74) is 0.0249. The minimum absolute atomic E-state index is 0.170. The summed E-state index contributed by atoms with van der Waals surface area (Å²) in [5.74, 6) is -0.406. The number of hydrogen-bond donors (Lipinski definition) is 1. The Labute approximate surface area is 120 Å². The molecule has 8 heteroatoms. The van der Waals surface area contributed by atoms with Crippen molar-refractivity contribution in [3.05, 3.63) is 34.4 Å². The van der Waals surface area contributed by atoms with Crippen molar-refractivity contribution in [2.45, 2.75) is 18.9 Å². The van der Waals surface area contributed by atoms with E-state index < -0.39 is 22.9 Å². The molecule has 0 radical (unpaired) electrons. The minimum atomic E-state index is -0.619. The molecule has 1 saturated heterocycles. The van der Waals surface area contributed by atoms with Crippen molar-refractivity contribution >= 4 is 23.3 Å². The van der Waals surface area contributed by atoms with E-state index in [0.717, 1.165) is 4.90 Å². The molecule has 0 bridgehead atoms. The molecule has 1 aliphatic rings. The van der Waals surface area contributed by atoms with Gasteiger partial charge < -0.3 is 10.1 Å². The Morgan fingerprint density at radius 1 is 1.43 bits per heavy atom. The average Bonchev–Trinajstić information content (AvgIpc) is 2.74. The number of anilines is 1. The standard InChI is InChI=1S/C13H15N3O5/c1-21-7-3-6-11-12(17)15(13(18)14-11)9-4-2-5-10(8-9)16(19)20/h2,4-5,8,11H,3,6-7H2,1H3,(H,14,18). The first-order valence-electron chi connectivity index (χ1n) is 6.42. The SMILES string of the molecule is COCCCC1NC(=O)N(c2cccc([N+](=O)[O-])c2)C1=O. The van der Waals surface area contributed by atoms with Gasteiger partial charge in [-0.05, 0) is 18.9 Å². The van der Waals surface area contributed by atoms with Gasteiger partial charge in [-0.2, -0.15) is 0 Å². The Kier molecular flexibility index (Phi) is 4.49. The van der Waals surface area contributed by atoms with Crippen molar-refractivity contribution in [1.29, 1.82) is 0 Å². The Bertz CT molecular complexity index is 575. The maximum atomic E-state index is 12.2. The monoisotopic (exact) mass is 293 g/mol.